The zero-order chi connectivity index (χ0) is 22.9. The predicted molar refractivity (Wildman–Crippen MR) is 122 cm³/mol. The first-order valence-corrected chi connectivity index (χ1v) is 10.9. The van der Waals surface area contributed by atoms with E-state index < -0.39 is 11.5 Å². The fourth-order valence-electron chi connectivity index (χ4n) is 3.60. The number of methoxy groups -OCH3 is 2. The molecule has 0 saturated carbocycles. The Labute approximate surface area is 185 Å². The number of fused-ring (bicyclic) bond motifs is 1. The molecule has 2 aromatic heterocycles. The molecule has 31 heavy (non-hydrogen) atoms. The number of aryl methyl sites for hydroxylation is 2. The fourth-order valence-corrected chi connectivity index (χ4v) is 4.64. The van der Waals surface area contributed by atoms with E-state index in [2.05, 4.69) is 0 Å². The Balaban J connectivity index is 2.25. The first kappa shape index (κ1) is 22.8. The van der Waals surface area contributed by atoms with E-state index in [9.17, 15) is 9.59 Å². The summed E-state index contributed by atoms with van der Waals surface area (Å²) in [4.78, 5) is 32.9. The van der Waals surface area contributed by atoms with Gasteiger partial charge in [0.1, 0.15) is 16.2 Å². The highest BCUT2D eigenvalue weighted by molar-refractivity contribution is 7.18. The Morgan fingerprint density at radius 2 is 1.84 bits per heavy atom. The van der Waals surface area contributed by atoms with Gasteiger partial charge >= 0.3 is 5.97 Å². The summed E-state index contributed by atoms with van der Waals surface area (Å²) < 4.78 is 17.5. The van der Waals surface area contributed by atoms with Crippen LogP contribution >= 0.6 is 11.3 Å². The molecule has 0 radical (unpaired) electrons. The molecule has 0 bridgehead atoms. The second-order valence-corrected chi connectivity index (χ2v) is 8.98. The van der Waals surface area contributed by atoms with Crippen LogP contribution in [0.4, 0.5) is 0 Å². The van der Waals surface area contributed by atoms with Gasteiger partial charge in [0.25, 0.3) is 5.56 Å². The average molecular weight is 445 g/mol. The topological polar surface area (TPSA) is 79.7 Å². The summed E-state index contributed by atoms with van der Waals surface area (Å²) in [6, 6.07) is 5.55. The third-order valence-electron chi connectivity index (χ3n) is 5.42. The van der Waals surface area contributed by atoms with Gasteiger partial charge in [0, 0.05) is 11.3 Å². The Morgan fingerprint density at radius 1 is 1.16 bits per heavy atom. The average Bonchev–Trinajstić information content (AvgIpc) is 3.01. The lowest BCUT2D eigenvalue weighted by molar-refractivity contribution is -0.152. The number of hydrogen-bond donors (Lipinski definition) is 0. The first-order valence-electron chi connectivity index (χ1n) is 10.1. The minimum Gasteiger partial charge on any atom is -0.493 e. The zero-order valence-electron chi connectivity index (χ0n) is 19.0. The number of carbonyl (C=O) groups is 1. The van der Waals surface area contributed by atoms with Crippen LogP contribution in [0.1, 0.15) is 42.6 Å². The van der Waals surface area contributed by atoms with Crippen LogP contribution in [0.25, 0.3) is 10.2 Å². The van der Waals surface area contributed by atoms with Crippen molar-refractivity contribution >= 4 is 27.5 Å². The van der Waals surface area contributed by atoms with Gasteiger partial charge in [-0.3, -0.25) is 9.36 Å². The molecule has 2 heterocycles. The summed E-state index contributed by atoms with van der Waals surface area (Å²) in [6.45, 7) is 9.23. The van der Waals surface area contributed by atoms with Gasteiger partial charge in [-0.25, -0.2) is 9.78 Å². The summed E-state index contributed by atoms with van der Waals surface area (Å²) in [6.07, 6.45) is 0.338. The molecule has 1 aromatic carbocycles. The Bertz CT molecular complexity index is 1190. The minimum atomic E-state index is -1.22. The number of thiophene rings is 1. The summed E-state index contributed by atoms with van der Waals surface area (Å²) in [5.74, 6) is 1.21. The zero-order valence-corrected chi connectivity index (χ0v) is 19.8. The van der Waals surface area contributed by atoms with E-state index in [1.165, 1.54) is 15.9 Å². The molecule has 0 fully saturated rings. The second-order valence-electron chi connectivity index (χ2n) is 7.78. The number of rotatable bonds is 7. The second kappa shape index (κ2) is 8.70. The molecular weight excluding hydrogens is 416 g/mol. The van der Waals surface area contributed by atoms with Crippen LogP contribution < -0.4 is 15.0 Å². The molecule has 3 rings (SSSR count). The molecule has 7 nitrogen and oxygen atoms in total. The van der Waals surface area contributed by atoms with Crippen LogP contribution in [0.15, 0.2) is 23.0 Å². The van der Waals surface area contributed by atoms with Gasteiger partial charge in [0.05, 0.1) is 26.2 Å². The molecular formula is C23H28N2O5S. The normalized spacial score (nSPS) is 11.6. The van der Waals surface area contributed by atoms with E-state index in [0.717, 1.165) is 16.0 Å². The van der Waals surface area contributed by atoms with Crippen molar-refractivity contribution in [2.24, 2.45) is 0 Å². The number of esters is 1. The van der Waals surface area contributed by atoms with Crippen molar-refractivity contribution in [3.63, 3.8) is 0 Å². The van der Waals surface area contributed by atoms with Crippen LogP contribution in [-0.2, 0) is 21.5 Å². The lowest BCUT2D eigenvalue weighted by atomic mass is 10.0. The minimum absolute atomic E-state index is 0.230. The maximum absolute atomic E-state index is 13.6. The fraction of sp³-hybridized carbons (Fsp3) is 0.435. The van der Waals surface area contributed by atoms with E-state index in [1.807, 2.05) is 32.0 Å². The number of hydrogen-bond acceptors (Lipinski definition) is 7. The summed E-state index contributed by atoms with van der Waals surface area (Å²) in [5, 5.41) is 0.552. The Morgan fingerprint density at radius 3 is 2.45 bits per heavy atom. The monoisotopic (exact) mass is 444 g/mol. The number of aromatic nitrogens is 2. The summed E-state index contributed by atoms with van der Waals surface area (Å²) in [7, 11) is 3.15. The van der Waals surface area contributed by atoms with Gasteiger partial charge in [0.2, 0.25) is 0 Å². The van der Waals surface area contributed by atoms with Gasteiger partial charge in [0.15, 0.2) is 11.5 Å². The molecule has 8 heteroatoms. The molecule has 0 aliphatic rings. The molecule has 0 saturated heterocycles. The lowest BCUT2D eigenvalue weighted by Gasteiger charge is -2.27. The Kier molecular flexibility index (Phi) is 6.40. The van der Waals surface area contributed by atoms with Crippen molar-refractivity contribution in [3.8, 4) is 11.5 Å². The van der Waals surface area contributed by atoms with Crippen molar-refractivity contribution in [1.29, 1.82) is 0 Å². The van der Waals surface area contributed by atoms with Gasteiger partial charge in [-0.1, -0.05) is 6.07 Å². The highest BCUT2D eigenvalue weighted by Crippen LogP contribution is 2.31. The Hall–Kier alpha value is -2.87. The molecule has 0 aliphatic carbocycles. The quantitative estimate of drug-likeness (QED) is 0.513. The van der Waals surface area contributed by atoms with Crippen molar-refractivity contribution in [2.75, 3.05) is 20.8 Å². The molecule has 0 unspecified atom stereocenters. The third kappa shape index (κ3) is 4.04. The number of benzene rings is 1. The summed E-state index contributed by atoms with van der Waals surface area (Å²) >= 11 is 1.48. The van der Waals surface area contributed by atoms with Crippen molar-refractivity contribution in [1.82, 2.24) is 9.55 Å². The van der Waals surface area contributed by atoms with Crippen LogP contribution in [0.5, 0.6) is 11.5 Å². The molecule has 0 spiro atoms. The first-order chi connectivity index (χ1) is 14.6. The molecule has 0 aliphatic heterocycles. The molecule has 3 aromatic rings. The molecule has 0 amide bonds. The number of ether oxygens (including phenoxy) is 3. The number of nitrogens with zero attached hydrogens (tertiary/aromatic N) is 2. The van der Waals surface area contributed by atoms with Gasteiger partial charge in [-0.2, -0.15) is 0 Å². The van der Waals surface area contributed by atoms with Crippen LogP contribution in [0.2, 0.25) is 0 Å². The van der Waals surface area contributed by atoms with Gasteiger partial charge < -0.3 is 14.2 Å². The van der Waals surface area contributed by atoms with E-state index in [1.54, 1.807) is 35.0 Å². The standard InChI is InChI=1S/C23H28N2O5S/c1-8-30-22(27)23(4,5)25-18(12-15-9-10-16(28-6)17(11-15)29-7)24-20-19(21(25)26)13(2)14(3)31-20/h9-11H,8,12H2,1-7H3. The molecule has 166 valence electrons. The van der Waals surface area contributed by atoms with Crippen LogP contribution in [-0.4, -0.2) is 36.3 Å². The van der Waals surface area contributed by atoms with Gasteiger partial charge in [-0.05, 0) is 57.9 Å². The van der Waals surface area contributed by atoms with E-state index >= 15 is 0 Å². The smallest absolute Gasteiger partial charge is 0.331 e. The van der Waals surface area contributed by atoms with Crippen molar-refractivity contribution < 1.29 is 19.0 Å². The van der Waals surface area contributed by atoms with Crippen LogP contribution in [0, 0.1) is 13.8 Å². The highest BCUT2D eigenvalue weighted by atomic mass is 32.1. The number of carbonyl (C=O) groups excluding carboxylic acids is 1. The summed E-state index contributed by atoms with van der Waals surface area (Å²) in [5.41, 5.74) is 0.314. The van der Waals surface area contributed by atoms with E-state index in [-0.39, 0.29) is 12.2 Å². The third-order valence-corrected chi connectivity index (χ3v) is 6.52. The predicted octanol–water partition coefficient (Wildman–Crippen LogP) is 3.98. The van der Waals surface area contributed by atoms with E-state index in [4.69, 9.17) is 19.2 Å². The molecule has 0 N–H and O–H groups in total. The maximum atomic E-state index is 13.6. The largest absolute Gasteiger partial charge is 0.493 e. The van der Waals surface area contributed by atoms with Gasteiger partial charge in [-0.15, -0.1) is 11.3 Å². The van der Waals surface area contributed by atoms with Crippen molar-refractivity contribution in [3.05, 3.63) is 50.4 Å². The lowest BCUT2D eigenvalue weighted by Crippen LogP contribution is -2.46. The van der Waals surface area contributed by atoms with Crippen molar-refractivity contribution in [2.45, 2.75) is 46.6 Å². The van der Waals surface area contributed by atoms with E-state index in [0.29, 0.717) is 34.0 Å². The highest BCUT2D eigenvalue weighted by Gasteiger charge is 2.36. The maximum Gasteiger partial charge on any atom is 0.331 e. The molecule has 0 atom stereocenters. The SMILES string of the molecule is CCOC(=O)C(C)(C)n1c(Cc2ccc(OC)c(OC)c2)nc2sc(C)c(C)c2c1=O. The van der Waals surface area contributed by atoms with Crippen LogP contribution in [0.3, 0.4) is 0 Å².